The van der Waals surface area contributed by atoms with Crippen LogP contribution in [0.25, 0.3) is 0 Å². The normalized spacial score (nSPS) is 17.5. The van der Waals surface area contributed by atoms with Crippen LogP contribution in [0, 0.1) is 0 Å². The summed E-state index contributed by atoms with van der Waals surface area (Å²) in [5.41, 5.74) is 6.46. The number of para-hydroxylation sites is 1. The van der Waals surface area contributed by atoms with Crippen LogP contribution in [0.1, 0.15) is 33.1 Å². The molecule has 1 heterocycles. The molecule has 0 saturated carbocycles. The number of aliphatic imine (C=N–C) groups is 1. The van der Waals surface area contributed by atoms with Crippen molar-refractivity contribution in [1.82, 2.24) is 10.2 Å². The van der Waals surface area contributed by atoms with Gasteiger partial charge in [-0.25, -0.2) is 0 Å². The van der Waals surface area contributed by atoms with Crippen LogP contribution in [0.5, 0.6) is 0 Å². The zero-order valence-corrected chi connectivity index (χ0v) is 17.8. The molecule has 2 amide bonds. The van der Waals surface area contributed by atoms with E-state index in [4.69, 9.17) is 10.5 Å². The summed E-state index contributed by atoms with van der Waals surface area (Å²) in [7, 11) is 0. The second-order valence-corrected chi connectivity index (χ2v) is 7.28. The summed E-state index contributed by atoms with van der Waals surface area (Å²) in [5.74, 6) is -0.774. The van der Waals surface area contributed by atoms with E-state index in [1.807, 2.05) is 25.1 Å². The Hall–Kier alpha value is -2.71. The number of morpholine rings is 1. The Morgan fingerprint density at radius 3 is 2.60 bits per heavy atom. The lowest BCUT2D eigenvalue weighted by molar-refractivity contribution is -0.124. The molecule has 1 aliphatic rings. The lowest BCUT2D eigenvalue weighted by Crippen LogP contribution is -2.47. The number of nitrogens with two attached hydrogens (primary N) is 1. The predicted octanol–water partition coefficient (Wildman–Crippen LogP) is 1.89. The third kappa shape index (κ3) is 7.96. The Labute approximate surface area is 178 Å². The summed E-state index contributed by atoms with van der Waals surface area (Å²) in [6.45, 7) is 7.26. The highest BCUT2D eigenvalue weighted by atomic mass is 16.5. The standard InChI is InChI=1S/C22H33N5O3/c1-3-11-24-16-19(23)21(28)26-20(22(29)25-18-7-5-4-6-8-18)10-9-17(2)27-12-14-30-15-13-27/h4-8,11,16-17,20H,3,9-10,12-15,23H2,1-2H3,(H,25,29)(H,26,28)/b19-16-,24-11?/t17?,20-/m1/s1. The second kappa shape index (κ2) is 12.8. The highest BCUT2D eigenvalue weighted by molar-refractivity contribution is 6.00. The fourth-order valence-electron chi connectivity index (χ4n) is 3.17. The van der Waals surface area contributed by atoms with Gasteiger partial charge in [-0.1, -0.05) is 25.1 Å². The van der Waals surface area contributed by atoms with Crippen LogP contribution in [0.15, 0.2) is 47.2 Å². The molecule has 1 fully saturated rings. The smallest absolute Gasteiger partial charge is 0.269 e. The molecule has 1 saturated heterocycles. The molecule has 4 N–H and O–H groups in total. The minimum atomic E-state index is -0.705. The van der Waals surface area contributed by atoms with E-state index in [2.05, 4.69) is 27.4 Å². The molecule has 1 aromatic carbocycles. The molecular weight excluding hydrogens is 382 g/mol. The predicted molar refractivity (Wildman–Crippen MR) is 119 cm³/mol. The largest absolute Gasteiger partial charge is 0.393 e. The van der Waals surface area contributed by atoms with Crippen LogP contribution < -0.4 is 16.4 Å². The molecule has 1 aliphatic heterocycles. The van der Waals surface area contributed by atoms with Gasteiger partial charge in [0.1, 0.15) is 11.7 Å². The summed E-state index contributed by atoms with van der Waals surface area (Å²) >= 11 is 0. The van der Waals surface area contributed by atoms with E-state index >= 15 is 0 Å². The van der Waals surface area contributed by atoms with Crippen molar-refractivity contribution in [3.63, 3.8) is 0 Å². The van der Waals surface area contributed by atoms with Crippen LogP contribution in [0.4, 0.5) is 5.69 Å². The van der Waals surface area contributed by atoms with Crippen molar-refractivity contribution in [3.8, 4) is 0 Å². The first-order valence-corrected chi connectivity index (χ1v) is 10.5. The van der Waals surface area contributed by atoms with E-state index in [9.17, 15) is 9.59 Å². The first-order valence-electron chi connectivity index (χ1n) is 10.5. The molecule has 0 spiro atoms. The van der Waals surface area contributed by atoms with Gasteiger partial charge in [0.15, 0.2) is 0 Å². The maximum absolute atomic E-state index is 12.9. The molecule has 30 heavy (non-hydrogen) atoms. The van der Waals surface area contributed by atoms with Gasteiger partial charge in [-0.2, -0.15) is 0 Å². The molecule has 0 radical (unpaired) electrons. The van der Waals surface area contributed by atoms with E-state index in [0.29, 0.717) is 12.1 Å². The molecule has 2 atom stereocenters. The van der Waals surface area contributed by atoms with Gasteiger partial charge in [-0.3, -0.25) is 19.5 Å². The van der Waals surface area contributed by atoms with Crippen molar-refractivity contribution in [2.45, 2.75) is 45.2 Å². The Morgan fingerprint density at radius 2 is 1.93 bits per heavy atom. The SMILES string of the molecule is CCC=N/C=C(\N)C(=O)N[C@H](CCC(C)N1CCOCC1)C(=O)Nc1ccccc1. The number of amides is 2. The van der Waals surface area contributed by atoms with Crippen molar-refractivity contribution in [1.29, 1.82) is 0 Å². The third-order valence-corrected chi connectivity index (χ3v) is 4.97. The van der Waals surface area contributed by atoms with Crippen LogP contribution in [0.2, 0.25) is 0 Å². The van der Waals surface area contributed by atoms with Gasteiger partial charge in [0.25, 0.3) is 5.91 Å². The molecule has 0 bridgehead atoms. The highest BCUT2D eigenvalue weighted by Crippen LogP contribution is 2.13. The lowest BCUT2D eigenvalue weighted by Gasteiger charge is -2.33. The van der Waals surface area contributed by atoms with Gasteiger partial charge in [-0.15, -0.1) is 0 Å². The number of carbonyl (C=O) groups is 2. The average molecular weight is 416 g/mol. The molecule has 164 valence electrons. The van der Waals surface area contributed by atoms with Crippen LogP contribution in [0.3, 0.4) is 0 Å². The summed E-state index contributed by atoms with van der Waals surface area (Å²) in [4.78, 5) is 31.6. The molecule has 8 heteroatoms. The number of ether oxygens (including phenoxy) is 1. The number of anilines is 1. The summed E-state index contributed by atoms with van der Waals surface area (Å²) < 4.78 is 5.40. The molecular formula is C22H33N5O3. The maximum Gasteiger partial charge on any atom is 0.269 e. The van der Waals surface area contributed by atoms with Crippen molar-refractivity contribution in [2.24, 2.45) is 10.7 Å². The Balaban J connectivity index is 2.02. The second-order valence-electron chi connectivity index (χ2n) is 7.28. The van der Waals surface area contributed by atoms with Gasteiger partial charge in [-0.05, 0) is 38.3 Å². The number of nitrogens with zero attached hydrogens (tertiary/aromatic N) is 2. The third-order valence-electron chi connectivity index (χ3n) is 4.97. The molecule has 0 aromatic heterocycles. The van der Waals surface area contributed by atoms with Gasteiger partial charge in [0.05, 0.1) is 19.4 Å². The first-order chi connectivity index (χ1) is 14.5. The summed E-state index contributed by atoms with van der Waals surface area (Å²) in [5, 5.41) is 5.63. The molecule has 2 rings (SSSR count). The number of hydrogen-bond acceptors (Lipinski definition) is 6. The fourth-order valence-corrected chi connectivity index (χ4v) is 3.17. The van der Waals surface area contributed by atoms with Gasteiger partial charge >= 0.3 is 0 Å². The van der Waals surface area contributed by atoms with Crippen molar-refractivity contribution in [3.05, 3.63) is 42.2 Å². The van der Waals surface area contributed by atoms with Gasteiger partial charge in [0.2, 0.25) is 5.91 Å². The van der Waals surface area contributed by atoms with Crippen molar-refractivity contribution < 1.29 is 14.3 Å². The Kier molecular flexibility index (Phi) is 10.0. The quantitative estimate of drug-likeness (QED) is 0.399. The van der Waals surface area contributed by atoms with Gasteiger partial charge < -0.3 is 21.1 Å². The lowest BCUT2D eigenvalue weighted by atomic mass is 10.0. The number of benzene rings is 1. The number of carbonyl (C=O) groups excluding carboxylic acids is 2. The summed E-state index contributed by atoms with van der Waals surface area (Å²) in [6.07, 6.45) is 4.96. The summed E-state index contributed by atoms with van der Waals surface area (Å²) in [6, 6.07) is 8.75. The Bertz CT molecular complexity index is 730. The molecule has 1 aromatic rings. The van der Waals surface area contributed by atoms with E-state index in [0.717, 1.165) is 39.1 Å². The molecule has 8 nitrogen and oxygen atoms in total. The van der Waals surface area contributed by atoms with E-state index in [1.54, 1.807) is 18.3 Å². The van der Waals surface area contributed by atoms with Crippen LogP contribution in [-0.4, -0.2) is 61.3 Å². The minimum Gasteiger partial charge on any atom is -0.393 e. The zero-order valence-electron chi connectivity index (χ0n) is 17.8. The van der Waals surface area contributed by atoms with Gasteiger partial charge in [0, 0.05) is 31.0 Å². The number of hydrogen-bond donors (Lipinski definition) is 3. The van der Waals surface area contributed by atoms with Crippen LogP contribution >= 0.6 is 0 Å². The topological polar surface area (TPSA) is 109 Å². The maximum atomic E-state index is 12.9. The fraction of sp³-hybridized carbons (Fsp3) is 0.500. The van der Waals surface area contributed by atoms with E-state index < -0.39 is 11.9 Å². The highest BCUT2D eigenvalue weighted by Gasteiger charge is 2.24. The Morgan fingerprint density at radius 1 is 1.23 bits per heavy atom. The zero-order chi connectivity index (χ0) is 21.8. The number of nitrogens with one attached hydrogen (secondary N) is 2. The van der Waals surface area contributed by atoms with Crippen molar-refractivity contribution >= 4 is 23.7 Å². The van der Waals surface area contributed by atoms with E-state index in [1.165, 1.54) is 6.20 Å². The number of rotatable bonds is 10. The average Bonchev–Trinajstić information content (AvgIpc) is 2.77. The monoisotopic (exact) mass is 415 g/mol. The first kappa shape index (κ1) is 23.6. The minimum absolute atomic E-state index is 0.0292. The molecule has 0 aliphatic carbocycles. The van der Waals surface area contributed by atoms with E-state index in [-0.39, 0.29) is 17.6 Å². The van der Waals surface area contributed by atoms with Crippen LogP contribution in [-0.2, 0) is 14.3 Å². The van der Waals surface area contributed by atoms with Crippen molar-refractivity contribution in [2.75, 3.05) is 31.6 Å². The molecule has 1 unspecified atom stereocenters.